The number of aliphatic hydroxyl groups excluding tert-OH is 1. The van der Waals surface area contributed by atoms with Crippen molar-refractivity contribution in [1.82, 2.24) is 15.3 Å². The summed E-state index contributed by atoms with van der Waals surface area (Å²) in [5.41, 5.74) is 0.315. The van der Waals surface area contributed by atoms with Crippen molar-refractivity contribution in [3.05, 3.63) is 23.2 Å². The van der Waals surface area contributed by atoms with Gasteiger partial charge in [-0.25, -0.2) is 9.97 Å². The smallest absolute Gasteiger partial charge is 0.254 e. The van der Waals surface area contributed by atoms with Crippen molar-refractivity contribution in [3.8, 4) is 0 Å². The Morgan fingerprint density at radius 3 is 2.71 bits per heavy atom. The van der Waals surface area contributed by atoms with Crippen molar-refractivity contribution in [2.75, 3.05) is 6.61 Å². The summed E-state index contributed by atoms with van der Waals surface area (Å²) in [6.07, 6.45) is 2.66. The predicted octanol–water partition coefficient (Wildman–Crippen LogP) is 0.241. The minimum absolute atomic E-state index is 0.0942. The zero-order chi connectivity index (χ0) is 10.6. The molecule has 0 bridgehead atoms. The molecule has 6 heteroatoms. The third-order valence-corrected chi connectivity index (χ3v) is 1.73. The lowest BCUT2D eigenvalue weighted by Crippen LogP contribution is -2.35. The van der Waals surface area contributed by atoms with E-state index in [2.05, 4.69) is 15.3 Å². The number of halogens is 1. The van der Waals surface area contributed by atoms with Crippen LogP contribution in [0, 0.1) is 0 Å². The van der Waals surface area contributed by atoms with Crippen LogP contribution in [0.1, 0.15) is 17.3 Å². The molecule has 2 N–H and O–H groups in total. The first kappa shape index (κ1) is 10.9. The fourth-order valence-corrected chi connectivity index (χ4v) is 0.880. The first-order chi connectivity index (χ1) is 6.63. The average Bonchev–Trinajstić information content (AvgIpc) is 2.18. The largest absolute Gasteiger partial charge is 0.394 e. The standard InChI is InChI=1S/C8H10ClN3O2/c1-5(4-13)12-7(14)6-2-10-8(9)11-3-6/h2-3,5,13H,4H2,1H3,(H,12,14). The number of aromatic nitrogens is 2. The molecule has 0 aliphatic rings. The Morgan fingerprint density at radius 2 is 2.21 bits per heavy atom. The summed E-state index contributed by atoms with van der Waals surface area (Å²) in [5.74, 6) is -0.330. The summed E-state index contributed by atoms with van der Waals surface area (Å²) in [5, 5.41) is 11.4. The van der Waals surface area contributed by atoms with Crippen LogP contribution in [0.3, 0.4) is 0 Å². The Kier molecular flexibility index (Phi) is 3.79. The zero-order valence-corrected chi connectivity index (χ0v) is 8.32. The second-order valence-corrected chi connectivity index (χ2v) is 3.14. The SMILES string of the molecule is CC(CO)NC(=O)c1cnc(Cl)nc1. The van der Waals surface area contributed by atoms with Crippen LogP contribution < -0.4 is 5.32 Å². The van der Waals surface area contributed by atoms with Crippen molar-refractivity contribution in [2.45, 2.75) is 13.0 Å². The number of amides is 1. The maximum absolute atomic E-state index is 11.4. The molecule has 1 aromatic rings. The highest BCUT2D eigenvalue weighted by atomic mass is 35.5. The number of nitrogens with zero attached hydrogens (tertiary/aromatic N) is 2. The second-order valence-electron chi connectivity index (χ2n) is 2.80. The van der Waals surface area contributed by atoms with Crippen LogP contribution in [0.4, 0.5) is 0 Å². The molecule has 5 nitrogen and oxygen atoms in total. The molecule has 0 aliphatic heterocycles. The number of carbonyl (C=O) groups is 1. The lowest BCUT2D eigenvalue weighted by molar-refractivity contribution is 0.0921. The van der Waals surface area contributed by atoms with E-state index in [9.17, 15) is 4.79 Å². The Morgan fingerprint density at radius 1 is 1.64 bits per heavy atom. The van der Waals surface area contributed by atoms with Crippen LogP contribution in [0.25, 0.3) is 0 Å². The third kappa shape index (κ3) is 2.93. The molecule has 1 heterocycles. The van der Waals surface area contributed by atoms with Crippen LogP contribution in [-0.4, -0.2) is 33.6 Å². The van der Waals surface area contributed by atoms with E-state index in [1.165, 1.54) is 12.4 Å². The van der Waals surface area contributed by atoms with Crippen molar-refractivity contribution >= 4 is 17.5 Å². The van der Waals surface area contributed by atoms with Crippen LogP contribution >= 0.6 is 11.6 Å². The number of rotatable bonds is 3. The van der Waals surface area contributed by atoms with Gasteiger partial charge in [0.2, 0.25) is 5.28 Å². The number of nitrogens with one attached hydrogen (secondary N) is 1. The zero-order valence-electron chi connectivity index (χ0n) is 7.57. The normalized spacial score (nSPS) is 12.2. The van der Waals surface area contributed by atoms with E-state index in [1.54, 1.807) is 6.92 Å². The summed E-state index contributed by atoms with van der Waals surface area (Å²) in [4.78, 5) is 18.7. The van der Waals surface area contributed by atoms with Gasteiger partial charge in [-0.2, -0.15) is 0 Å². The van der Waals surface area contributed by atoms with Gasteiger partial charge in [0, 0.05) is 18.4 Å². The van der Waals surface area contributed by atoms with E-state index in [0.29, 0.717) is 5.56 Å². The summed E-state index contributed by atoms with van der Waals surface area (Å²) in [7, 11) is 0. The molecule has 1 amide bonds. The van der Waals surface area contributed by atoms with Crippen molar-refractivity contribution in [3.63, 3.8) is 0 Å². The first-order valence-corrected chi connectivity index (χ1v) is 4.40. The molecule has 0 fully saturated rings. The van der Waals surface area contributed by atoms with Crippen molar-refractivity contribution in [2.24, 2.45) is 0 Å². The third-order valence-electron chi connectivity index (χ3n) is 1.53. The maximum atomic E-state index is 11.4. The second kappa shape index (κ2) is 4.88. The van der Waals surface area contributed by atoms with E-state index < -0.39 is 0 Å². The van der Waals surface area contributed by atoms with Gasteiger partial charge in [0.15, 0.2) is 0 Å². The molecule has 1 unspecified atom stereocenters. The van der Waals surface area contributed by atoms with Gasteiger partial charge in [-0.1, -0.05) is 0 Å². The summed E-state index contributed by atoms with van der Waals surface area (Å²) in [6, 6.07) is -0.293. The Hall–Kier alpha value is -1.20. The van der Waals surface area contributed by atoms with Gasteiger partial charge < -0.3 is 10.4 Å². The molecule has 0 saturated heterocycles. The van der Waals surface area contributed by atoms with E-state index in [-0.39, 0.29) is 23.8 Å². The molecule has 0 aromatic carbocycles. The van der Waals surface area contributed by atoms with E-state index >= 15 is 0 Å². The summed E-state index contributed by atoms with van der Waals surface area (Å²) < 4.78 is 0. The Labute approximate surface area is 86.1 Å². The van der Waals surface area contributed by atoms with Gasteiger partial charge in [0.1, 0.15) is 0 Å². The fraction of sp³-hybridized carbons (Fsp3) is 0.375. The number of aliphatic hydroxyl groups is 1. The lowest BCUT2D eigenvalue weighted by Gasteiger charge is -2.09. The topological polar surface area (TPSA) is 75.1 Å². The maximum Gasteiger partial charge on any atom is 0.254 e. The van der Waals surface area contributed by atoms with Gasteiger partial charge in [-0.3, -0.25) is 4.79 Å². The molecule has 1 atom stereocenters. The van der Waals surface area contributed by atoms with Crippen LogP contribution in [0.2, 0.25) is 5.28 Å². The number of hydrogen-bond acceptors (Lipinski definition) is 4. The summed E-state index contributed by atoms with van der Waals surface area (Å²) >= 11 is 5.46. The van der Waals surface area contributed by atoms with Gasteiger partial charge >= 0.3 is 0 Å². The van der Waals surface area contributed by atoms with Gasteiger partial charge in [0.05, 0.1) is 12.2 Å². The highest BCUT2D eigenvalue weighted by Crippen LogP contribution is 2.00. The van der Waals surface area contributed by atoms with Gasteiger partial charge in [-0.05, 0) is 18.5 Å². The highest BCUT2D eigenvalue weighted by molar-refractivity contribution is 6.28. The molecule has 1 aromatic heterocycles. The molecule has 0 saturated carbocycles. The van der Waals surface area contributed by atoms with Crippen molar-refractivity contribution in [1.29, 1.82) is 0 Å². The molecule has 0 aliphatic carbocycles. The van der Waals surface area contributed by atoms with Crippen molar-refractivity contribution < 1.29 is 9.90 Å². The van der Waals surface area contributed by atoms with E-state index in [0.717, 1.165) is 0 Å². The van der Waals surface area contributed by atoms with Crippen LogP contribution in [-0.2, 0) is 0 Å². The lowest BCUT2D eigenvalue weighted by atomic mass is 10.3. The van der Waals surface area contributed by atoms with Gasteiger partial charge in [-0.15, -0.1) is 0 Å². The monoisotopic (exact) mass is 215 g/mol. The number of hydrogen-bond donors (Lipinski definition) is 2. The quantitative estimate of drug-likeness (QED) is 0.709. The average molecular weight is 216 g/mol. The fourth-order valence-electron chi connectivity index (χ4n) is 0.782. The molecular weight excluding hydrogens is 206 g/mol. The summed E-state index contributed by atoms with van der Waals surface area (Å²) in [6.45, 7) is 1.58. The number of carbonyl (C=O) groups excluding carboxylic acids is 1. The molecule has 1 rings (SSSR count). The molecular formula is C8H10ClN3O2. The van der Waals surface area contributed by atoms with Gasteiger partial charge in [0.25, 0.3) is 5.91 Å². The van der Waals surface area contributed by atoms with E-state index in [1.807, 2.05) is 0 Å². The Balaban J connectivity index is 2.65. The molecule has 76 valence electrons. The Bertz CT molecular complexity index is 315. The van der Waals surface area contributed by atoms with Crippen LogP contribution in [0.5, 0.6) is 0 Å². The predicted molar refractivity (Wildman–Crippen MR) is 51.1 cm³/mol. The minimum Gasteiger partial charge on any atom is -0.394 e. The molecule has 0 radical (unpaired) electrons. The highest BCUT2D eigenvalue weighted by Gasteiger charge is 2.09. The van der Waals surface area contributed by atoms with E-state index in [4.69, 9.17) is 16.7 Å². The molecule has 14 heavy (non-hydrogen) atoms. The first-order valence-electron chi connectivity index (χ1n) is 4.02. The van der Waals surface area contributed by atoms with Crippen LogP contribution in [0.15, 0.2) is 12.4 Å². The molecule has 0 spiro atoms. The minimum atomic E-state index is -0.330.